The number of ether oxygens (including phenoxy) is 1. The van der Waals surface area contributed by atoms with Gasteiger partial charge in [-0.05, 0) is 121 Å². The number of hydrogen-bond donors (Lipinski definition) is 0. The van der Waals surface area contributed by atoms with Gasteiger partial charge in [0.2, 0.25) is 0 Å². The Bertz CT molecular complexity index is 1240. The third-order valence-electron chi connectivity index (χ3n) is 14.4. The molecule has 0 aliphatic heterocycles. The van der Waals surface area contributed by atoms with Crippen LogP contribution in [0.1, 0.15) is 125 Å². The highest BCUT2D eigenvalue weighted by molar-refractivity contribution is 5.87. The first-order valence-corrected chi connectivity index (χ1v) is 16.8. The third kappa shape index (κ3) is 4.43. The third-order valence-corrected chi connectivity index (χ3v) is 14.4. The van der Waals surface area contributed by atoms with Gasteiger partial charge >= 0.3 is 5.97 Å². The molecule has 0 unspecified atom stereocenters. The highest BCUT2D eigenvalue weighted by Gasteiger charge is 2.69. The molecule has 0 aromatic heterocycles. The van der Waals surface area contributed by atoms with E-state index in [2.05, 4.69) is 61.5 Å². The summed E-state index contributed by atoms with van der Waals surface area (Å²) in [5.74, 6) is 1.87. The summed E-state index contributed by atoms with van der Waals surface area (Å²) in [6, 6.07) is 10.0. The lowest BCUT2D eigenvalue weighted by Gasteiger charge is -2.72. The summed E-state index contributed by atoms with van der Waals surface area (Å²) in [5.41, 5.74) is 4.65. The van der Waals surface area contributed by atoms with Crippen LogP contribution >= 0.6 is 0 Å². The van der Waals surface area contributed by atoms with Crippen LogP contribution in [-0.4, -0.2) is 12.1 Å². The molecule has 0 radical (unpaired) electrons. The molecule has 5 aliphatic carbocycles. The summed E-state index contributed by atoms with van der Waals surface area (Å²) in [4.78, 5) is 13.0. The largest absolute Gasteiger partial charge is 0.459 e. The fourth-order valence-corrected chi connectivity index (χ4v) is 11.7. The van der Waals surface area contributed by atoms with Gasteiger partial charge in [-0.2, -0.15) is 0 Å². The van der Waals surface area contributed by atoms with E-state index >= 15 is 0 Å². The van der Waals surface area contributed by atoms with Crippen LogP contribution in [0.25, 0.3) is 6.08 Å². The van der Waals surface area contributed by atoms with Crippen molar-refractivity contribution in [3.8, 4) is 0 Å². The number of rotatable bonds is 3. The molecule has 4 saturated carbocycles. The molecule has 0 N–H and O–H groups in total. The van der Waals surface area contributed by atoms with Crippen molar-refractivity contribution < 1.29 is 9.53 Å². The minimum atomic E-state index is -0.196. The fraction of sp³-hybridized carbons (Fsp3) is 0.718. The molecule has 5 aliphatic rings. The van der Waals surface area contributed by atoms with Crippen LogP contribution in [0.5, 0.6) is 0 Å². The number of esters is 1. The molecule has 6 rings (SSSR count). The number of carbonyl (C=O) groups excluding carboxylic acids is 1. The number of carbonyl (C=O) groups is 1. The fourth-order valence-electron chi connectivity index (χ4n) is 11.7. The van der Waals surface area contributed by atoms with E-state index in [1.165, 1.54) is 57.8 Å². The normalized spacial score (nSPS) is 44.5. The van der Waals surface area contributed by atoms with E-state index in [1.54, 1.807) is 6.08 Å². The summed E-state index contributed by atoms with van der Waals surface area (Å²) in [7, 11) is 0. The summed E-state index contributed by atoms with van der Waals surface area (Å²) in [6.07, 6.45) is 19.1. The molecule has 0 spiro atoms. The van der Waals surface area contributed by atoms with Crippen LogP contribution in [0, 0.1) is 50.2 Å². The zero-order valence-corrected chi connectivity index (χ0v) is 27.3. The van der Waals surface area contributed by atoms with Gasteiger partial charge in [-0.25, -0.2) is 4.79 Å². The second kappa shape index (κ2) is 9.59. The summed E-state index contributed by atoms with van der Waals surface area (Å²) >= 11 is 0. The highest BCUT2D eigenvalue weighted by Crippen LogP contribution is 2.76. The molecule has 0 saturated heterocycles. The van der Waals surface area contributed by atoms with E-state index in [1.807, 2.05) is 42.0 Å². The first-order chi connectivity index (χ1) is 19.1. The Kier molecular flexibility index (Phi) is 6.84. The minimum Gasteiger partial charge on any atom is -0.459 e. The lowest BCUT2D eigenvalue weighted by Crippen LogP contribution is -2.66. The predicted octanol–water partition coefficient (Wildman–Crippen LogP) is 10.4. The Hall–Kier alpha value is -1.83. The van der Waals surface area contributed by atoms with Gasteiger partial charge in [-0.15, -0.1) is 0 Å². The second-order valence-corrected chi connectivity index (χ2v) is 17.3. The summed E-state index contributed by atoms with van der Waals surface area (Å²) in [5, 5.41) is 0. The van der Waals surface area contributed by atoms with Crippen LogP contribution < -0.4 is 0 Å². The van der Waals surface area contributed by atoms with E-state index in [9.17, 15) is 4.79 Å². The van der Waals surface area contributed by atoms with Crippen molar-refractivity contribution in [2.24, 2.45) is 50.2 Å². The SMILES string of the molecule is CC1(C)C=C2[C@H]3CC[C@@H]4[C@@]5(C)CC[C@H](OC(=O)C=Cc6ccccc6)C(C)(C)[C@H]5CC[C@@]4(C)[C@]3(C)CC[C@@]2(C)CC1. The lowest BCUT2D eigenvalue weighted by atomic mass is 9.32. The molecule has 8 atom stereocenters. The van der Waals surface area contributed by atoms with Crippen LogP contribution in [0.2, 0.25) is 0 Å². The lowest BCUT2D eigenvalue weighted by molar-refractivity contribution is -0.232. The van der Waals surface area contributed by atoms with E-state index in [0.717, 1.165) is 23.8 Å². The van der Waals surface area contributed by atoms with Gasteiger partial charge in [-0.3, -0.25) is 0 Å². The van der Waals surface area contributed by atoms with E-state index in [4.69, 9.17) is 4.74 Å². The summed E-state index contributed by atoms with van der Waals surface area (Å²) in [6.45, 7) is 20.4. The first-order valence-electron chi connectivity index (χ1n) is 16.8. The van der Waals surface area contributed by atoms with Crippen LogP contribution in [0.3, 0.4) is 0 Å². The molecule has 2 nitrogen and oxygen atoms in total. The Morgan fingerprint density at radius 2 is 1.46 bits per heavy atom. The molecular weight excluding hydrogens is 500 g/mol. The van der Waals surface area contributed by atoms with Gasteiger partial charge in [-0.1, -0.05) is 97.4 Å². The number of allylic oxidation sites excluding steroid dienone is 2. The molecule has 0 heterocycles. The molecule has 2 heteroatoms. The standard InChI is InChI=1S/C39H56O2/c1-34(2)22-23-36(5)24-25-38(7)28(29(36)26-34)15-16-31-37(6)20-19-32(35(3,4)30(37)18-21-39(31,38)8)41-33(40)17-14-27-12-10-9-11-13-27/h9-14,17,26,28,30-32H,15-16,18-25H2,1-8H3/t28-,30-,31-,32+,36-,37+,38-,39-/m1/s1. The average molecular weight is 557 g/mol. The molecular formula is C39H56O2. The zero-order valence-electron chi connectivity index (χ0n) is 27.3. The van der Waals surface area contributed by atoms with Crippen molar-refractivity contribution in [2.45, 2.75) is 126 Å². The summed E-state index contributed by atoms with van der Waals surface area (Å²) < 4.78 is 6.25. The van der Waals surface area contributed by atoms with E-state index < -0.39 is 0 Å². The Balaban J connectivity index is 1.24. The van der Waals surface area contributed by atoms with Gasteiger partial charge in [0.15, 0.2) is 0 Å². The Labute approximate surface area is 250 Å². The molecule has 41 heavy (non-hydrogen) atoms. The quantitative estimate of drug-likeness (QED) is 0.210. The van der Waals surface area contributed by atoms with Gasteiger partial charge in [0.25, 0.3) is 0 Å². The van der Waals surface area contributed by atoms with Crippen molar-refractivity contribution in [3.63, 3.8) is 0 Å². The van der Waals surface area contributed by atoms with Crippen LogP contribution in [0.15, 0.2) is 48.1 Å². The van der Waals surface area contributed by atoms with Crippen molar-refractivity contribution in [1.82, 2.24) is 0 Å². The maximum absolute atomic E-state index is 13.0. The highest BCUT2D eigenvalue weighted by atomic mass is 16.5. The molecule has 224 valence electrons. The van der Waals surface area contributed by atoms with Crippen molar-refractivity contribution in [3.05, 3.63) is 53.6 Å². The Morgan fingerprint density at radius 3 is 2.20 bits per heavy atom. The van der Waals surface area contributed by atoms with Gasteiger partial charge in [0.05, 0.1) is 0 Å². The van der Waals surface area contributed by atoms with Crippen molar-refractivity contribution in [1.29, 1.82) is 0 Å². The number of benzene rings is 1. The molecule has 1 aromatic rings. The number of hydrogen-bond acceptors (Lipinski definition) is 2. The average Bonchev–Trinajstić information content (AvgIpc) is 2.91. The predicted molar refractivity (Wildman–Crippen MR) is 170 cm³/mol. The van der Waals surface area contributed by atoms with Crippen molar-refractivity contribution >= 4 is 12.0 Å². The van der Waals surface area contributed by atoms with Crippen LogP contribution in [0.4, 0.5) is 0 Å². The van der Waals surface area contributed by atoms with Gasteiger partial charge < -0.3 is 4.74 Å². The molecule has 0 bridgehead atoms. The van der Waals surface area contributed by atoms with E-state index in [-0.39, 0.29) is 17.5 Å². The molecule has 1 aromatic carbocycles. The van der Waals surface area contributed by atoms with Gasteiger partial charge in [0, 0.05) is 11.5 Å². The first kappa shape index (κ1) is 29.3. The maximum atomic E-state index is 13.0. The maximum Gasteiger partial charge on any atom is 0.331 e. The van der Waals surface area contributed by atoms with E-state index in [0.29, 0.717) is 33.0 Å². The molecule has 0 amide bonds. The topological polar surface area (TPSA) is 26.3 Å². The molecule has 4 fully saturated rings. The minimum absolute atomic E-state index is 0.0187. The van der Waals surface area contributed by atoms with Crippen molar-refractivity contribution in [2.75, 3.05) is 0 Å². The van der Waals surface area contributed by atoms with Crippen LogP contribution in [-0.2, 0) is 9.53 Å². The Morgan fingerprint density at radius 1 is 0.756 bits per heavy atom. The number of fused-ring (bicyclic) bond motifs is 7. The monoisotopic (exact) mass is 556 g/mol. The second-order valence-electron chi connectivity index (χ2n) is 17.3. The van der Waals surface area contributed by atoms with Gasteiger partial charge in [0.1, 0.15) is 6.10 Å². The smallest absolute Gasteiger partial charge is 0.331 e. The zero-order chi connectivity index (χ0) is 29.5.